The molecule has 0 saturated heterocycles. The number of amides is 1. The minimum atomic E-state index is -0.529. The zero-order valence-corrected chi connectivity index (χ0v) is 16.2. The normalized spacial score (nSPS) is 10.2. The molecule has 3 aromatic rings. The summed E-state index contributed by atoms with van der Waals surface area (Å²) in [7, 11) is 0. The summed E-state index contributed by atoms with van der Waals surface area (Å²) in [4.78, 5) is 36.3. The highest BCUT2D eigenvalue weighted by Crippen LogP contribution is 2.16. The molecule has 3 aromatic carbocycles. The molecule has 5 nitrogen and oxygen atoms in total. The lowest BCUT2D eigenvalue weighted by atomic mass is 10.1. The number of benzene rings is 3. The molecule has 0 bridgehead atoms. The maximum atomic E-state index is 12.2. The summed E-state index contributed by atoms with van der Waals surface area (Å²) < 4.78 is 5.05. The van der Waals surface area contributed by atoms with Gasteiger partial charge in [-0.15, -0.1) is 0 Å². The van der Waals surface area contributed by atoms with Gasteiger partial charge in [-0.2, -0.15) is 0 Å². The Morgan fingerprint density at radius 3 is 2.14 bits per heavy atom. The van der Waals surface area contributed by atoms with Crippen molar-refractivity contribution in [2.24, 2.45) is 0 Å². The van der Waals surface area contributed by atoms with E-state index in [2.05, 4.69) is 5.32 Å². The first-order chi connectivity index (χ1) is 14.0. The molecule has 6 heteroatoms. The lowest BCUT2D eigenvalue weighted by Gasteiger charge is -2.08. The van der Waals surface area contributed by atoms with Crippen LogP contribution in [0.15, 0.2) is 78.9 Å². The standard InChI is InChI=1S/C23H18ClNO4/c24-20-9-5-4-8-18(20)14-22(27)29-15-21(26)16-10-12-19(13-11-16)25-23(28)17-6-2-1-3-7-17/h1-13H,14-15H2,(H,25,28). The fourth-order valence-corrected chi connectivity index (χ4v) is 2.81. The molecule has 0 atom stereocenters. The Balaban J connectivity index is 1.52. The lowest BCUT2D eigenvalue weighted by Crippen LogP contribution is -2.16. The maximum Gasteiger partial charge on any atom is 0.310 e. The molecule has 0 radical (unpaired) electrons. The van der Waals surface area contributed by atoms with Crippen molar-refractivity contribution in [3.8, 4) is 0 Å². The summed E-state index contributed by atoms with van der Waals surface area (Å²) in [6.45, 7) is -0.362. The average Bonchev–Trinajstić information content (AvgIpc) is 2.75. The van der Waals surface area contributed by atoms with Gasteiger partial charge in [0.2, 0.25) is 0 Å². The van der Waals surface area contributed by atoms with Crippen molar-refractivity contribution in [1.82, 2.24) is 0 Å². The molecule has 0 aliphatic rings. The minimum Gasteiger partial charge on any atom is -0.457 e. The quantitative estimate of drug-likeness (QED) is 0.460. The minimum absolute atomic E-state index is 0.00257. The van der Waals surface area contributed by atoms with E-state index >= 15 is 0 Å². The second-order valence-corrected chi connectivity index (χ2v) is 6.66. The number of ketones is 1. The Hall–Kier alpha value is -3.44. The molecule has 0 spiro atoms. The van der Waals surface area contributed by atoms with Crippen LogP contribution in [0.5, 0.6) is 0 Å². The van der Waals surface area contributed by atoms with Crippen LogP contribution in [0.2, 0.25) is 5.02 Å². The van der Waals surface area contributed by atoms with Crippen molar-refractivity contribution in [2.45, 2.75) is 6.42 Å². The van der Waals surface area contributed by atoms with Gasteiger partial charge in [-0.1, -0.05) is 48.0 Å². The Bertz CT molecular complexity index is 1020. The van der Waals surface area contributed by atoms with Crippen LogP contribution < -0.4 is 5.32 Å². The van der Waals surface area contributed by atoms with Gasteiger partial charge in [-0.3, -0.25) is 14.4 Å². The number of ether oxygens (including phenoxy) is 1. The van der Waals surface area contributed by atoms with E-state index < -0.39 is 5.97 Å². The molecule has 29 heavy (non-hydrogen) atoms. The SMILES string of the molecule is O=C(Cc1ccccc1Cl)OCC(=O)c1ccc(NC(=O)c2ccccc2)cc1. The number of nitrogens with one attached hydrogen (secondary N) is 1. The first-order valence-corrected chi connectivity index (χ1v) is 9.29. The third-order valence-corrected chi connectivity index (χ3v) is 4.53. The highest BCUT2D eigenvalue weighted by Gasteiger charge is 2.12. The van der Waals surface area contributed by atoms with E-state index in [9.17, 15) is 14.4 Å². The molecule has 0 aliphatic carbocycles. The van der Waals surface area contributed by atoms with Crippen LogP contribution in [0.1, 0.15) is 26.3 Å². The molecule has 3 rings (SSSR count). The summed E-state index contributed by atoms with van der Waals surface area (Å²) >= 11 is 6.01. The second-order valence-electron chi connectivity index (χ2n) is 6.25. The maximum absolute atomic E-state index is 12.2. The summed E-state index contributed by atoms with van der Waals surface area (Å²) in [5, 5.41) is 3.23. The van der Waals surface area contributed by atoms with Crippen molar-refractivity contribution < 1.29 is 19.1 Å². The smallest absolute Gasteiger partial charge is 0.310 e. The number of carbonyl (C=O) groups excluding carboxylic acids is 3. The predicted octanol–water partition coefficient (Wildman–Crippen LogP) is 4.56. The van der Waals surface area contributed by atoms with Gasteiger partial charge in [0.15, 0.2) is 12.4 Å². The summed E-state index contributed by atoms with van der Waals surface area (Å²) in [6, 6.07) is 22.2. The summed E-state index contributed by atoms with van der Waals surface area (Å²) in [6.07, 6.45) is -0.00257. The number of halogens is 1. The van der Waals surface area contributed by atoms with Crippen LogP contribution in [-0.2, 0) is 16.0 Å². The van der Waals surface area contributed by atoms with E-state index in [1.54, 1.807) is 72.8 Å². The molecule has 1 N–H and O–H groups in total. The van der Waals surface area contributed by atoms with Gasteiger partial charge < -0.3 is 10.1 Å². The van der Waals surface area contributed by atoms with Gasteiger partial charge in [0, 0.05) is 21.8 Å². The molecular formula is C23H18ClNO4. The van der Waals surface area contributed by atoms with E-state index in [1.165, 1.54) is 0 Å². The van der Waals surface area contributed by atoms with Crippen molar-refractivity contribution >= 4 is 34.9 Å². The number of esters is 1. The summed E-state index contributed by atoms with van der Waals surface area (Å²) in [5.74, 6) is -1.10. The van der Waals surface area contributed by atoms with Gasteiger partial charge >= 0.3 is 5.97 Å². The monoisotopic (exact) mass is 407 g/mol. The number of rotatable bonds is 7. The zero-order chi connectivity index (χ0) is 20.6. The van der Waals surface area contributed by atoms with Crippen molar-refractivity contribution in [2.75, 3.05) is 11.9 Å². The van der Waals surface area contributed by atoms with Gasteiger partial charge in [-0.05, 0) is 48.0 Å². The molecule has 0 fully saturated rings. The molecule has 0 saturated carbocycles. The fraction of sp³-hybridized carbons (Fsp3) is 0.0870. The fourth-order valence-electron chi connectivity index (χ4n) is 2.61. The molecule has 0 aromatic heterocycles. The molecule has 0 unspecified atom stereocenters. The van der Waals surface area contributed by atoms with Crippen LogP contribution in [0.3, 0.4) is 0 Å². The highest BCUT2D eigenvalue weighted by molar-refractivity contribution is 6.31. The number of anilines is 1. The zero-order valence-electron chi connectivity index (χ0n) is 15.4. The molecule has 146 valence electrons. The summed E-state index contributed by atoms with van der Waals surface area (Å²) in [5.41, 5.74) is 2.13. The van der Waals surface area contributed by atoms with Gasteiger partial charge in [-0.25, -0.2) is 0 Å². The predicted molar refractivity (Wildman–Crippen MR) is 111 cm³/mol. The molecule has 0 aliphatic heterocycles. The van der Waals surface area contributed by atoms with Crippen LogP contribution in [0.4, 0.5) is 5.69 Å². The van der Waals surface area contributed by atoms with E-state index in [1.807, 2.05) is 6.07 Å². The van der Waals surface area contributed by atoms with Crippen molar-refractivity contribution in [3.05, 3.63) is 101 Å². The van der Waals surface area contributed by atoms with Gasteiger partial charge in [0.05, 0.1) is 6.42 Å². The van der Waals surface area contributed by atoms with E-state index in [0.29, 0.717) is 27.4 Å². The number of carbonyl (C=O) groups is 3. The largest absolute Gasteiger partial charge is 0.457 e. The van der Waals surface area contributed by atoms with Crippen LogP contribution >= 0.6 is 11.6 Å². The average molecular weight is 408 g/mol. The van der Waals surface area contributed by atoms with E-state index in [0.717, 1.165) is 0 Å². The van der Waals surface area contributed by atoms with Crippen LogP contribution in [-0.4, -0.2) is 24.3 Å². The topological polar surface area (TPSA) is 72.5 Å². The number of hydrogen-bond acceptors (Lipinski definition) is 4. The Morgan fingerprint density at radius 2 is 1.45 bits per heavy atom. The van der Waals surface area contributed by atoms with Gasteiger partial charge in [0.25, 0.3) is 5.91 Å². The van der Waals surface area contributed by atoms with Crippen LogP contribution in [0.25, 0.3) is 0 Å². The third kappa shape index (κ3) is 5.77. The Kier molecular flexibility index (Phi) is 6.76. The Labute approximate surface area is 173 Å². The number of Topliss-reactive ketones (excluding diaryl/α,β-unsaturated/α-hetero) is 1. The van der Waals surface area contributed by atoms with Crippen molar-refractivity contribution in [3.63, 3.8) is 0 Å². The third-order valence-electron chi connectivity index (χ3n) is 4.16. The lowest BCUT2D eigenvalue weighted by molar-refractivity contribution is -0.141. The first kappa shape index (κ1) is 20.3. The second kappa shape index (κ2) is 9.66. The first-order valence-electron chi connectivity index (χ1n) is 8.91. The van der Waals surface area contributed by atoms with Crippen LogP contribution in [0, 0.1) is 0 Å². The molecule has 0 heterocycles. The number of hydrogen-bond donors (Lipinski definition) is 1. The highest BCUT2D eigenvalue weighted by atomic mass is 35.5. The molecule has 1 amide bonds. The molecular weight excluding hydrogens is 390 g/mol. The van der Waals surface area contributed by atoms with Crippen molar-refractivity contribution in [1.29, 1.82) is 0 Å². The Morgan fingerprint density at radius 1 is 0.793 bits per heavy atom. The van der Waals surface area contributed by atoms with Gasteiger partial charge in [0.1, 0.15) is 0 Å². The van der Waals surface area contributed by atoms with E-state index in [-0.39, 0.29) is 24.7 Å². The van der Waals surface area contributed by atoms with E-state index in [4.69, 9.17) is 16.3 Å².